The van der Waals surface area contributed by atoms with E-state index in [9.17, 15) is 9.59 Å². The van der Waals surface area contributed by atoms with E-state index in [-0.39, 0.29) is 23.7 Å². The number of anilines is 1. The second-order valence-corrected chi connectivity index (χ2v) is 7.56. The van der Waals surface area contributed by atoms with E-state index in [2.05, 4.69) is 5.32 Å². The quantitative estimate of drug-likeness (QED) is 0.528. The number of nitrogens with zero attached hydrogens (tertiary/aromatic N) is 1. The third-order valence-corrected chi connectivity index (χ3v) is 5.43. The molecule has 0 unspecified atom stereocenters. The van der Waals surface area contributed by atoms with Crippen LogP contribution in [0.5, 0.6) is 11.5 Å². The number of imide groups is 1. The third-order valence-electron chi connectivity index (χ3n) is 5.18. The van der Waals surface area contributed by atoms with Gasteiger partial charge in [0.1, 0.15) is 17.2 Å². The summed E-state index contributed by atoms with van der Waals surface area (Å²) < 4.78 is 10.6. The molecule has 7 heteroatoms. The molecule has 0 saturated heterocycles. The van der Waals surface area contributed by atoms with Crippen molar-refractivity contribution in [1.29, 1.82) is 0 Å². The topological polar surface area (TPSA) is 67.9 Å². The molecule has 4 rings (SSSR count). The van der Waals surface area contributed by atoms with Gasteiger partial charge in [0.25, 0.3) is 11.8 Å². The zero-order chi connectivity index (χ0) is 22.7. The van der Waals surface area contributed by atoms with Crippen LogP contribution in [-0.2, 0) is 16.1 Å². The normalized spacial score (nSPS) is 13.5. The molecule has 32 heavy (non-hydrogen) atoms. The Kier molecular flexibility index (Phi) is 6.14. The average Bonchev–Trinajstić information content (AvgIpc) is 3.04. The first kappa shape index (κ1) is 21.5. The lowest BCUT2D eigenvalue weighted by molar-refractivity contribution is -0.137. The second kappa shape index (κ2) is 9.16. The molecule has 1 N–H and O–H groups in total. The molecule has 0 saturated carbocycles. The lowest BCUT2D eigenvalue weighted by atomic mass is 10.0. The minimum atomic E-state index is -0.415. The van der Waals surface area contributed by atoms with Crippen LogP contribution < -0.4 is 14.8 Å². The van der Waals surface area contributed by atoms with Crippen LogP contribution in [-0.4, -0.2) is 30.9 Å². The van der Waals surface area contributed by atoms with E-state index in [0.717, 1.165) is 5.56 Å². The Balaban J connectivity index is 1.73. The van der Waals surface area contributed by atoms with Gasteiger partial charge in [-0.25, -0.2) is 0 Å². The zero-order valence-corrected chi connectivity index (χ0v) is 18.3. The summed E-state index contributed by atoms with van der Waals surface area (Å²) in [6, 6.07) is 21.3. The minimum absolute atomic E-state index is 0.0898. The van der Waals surface area contributed by atoms with Gasteiger partial charge >= 0.3 is 0 Å². The molecule has 1 aliphatic rings. The number of benzene rings is 3. The number of nitrogens with one attached hydrogen (secondary N) is 1. The maximum atomic E-state index is 13.4. The van der Waals surface area contributed by atoms with E-state index in [0.29, 0.717) is 27.8 Å². The van der Waals surface area contributed by atoms with Crippen molar-refractivity contribution in [1.82, 2.24) is 4.90 Å². The van der Waals surface area contributed by atoms with Crippen molar-refractivity contribution in [2.24, 2.45) is 0 Å². The van der Waals surface area contributed by atoms with Crippen molar-refractivity contribution in [3.8, 4) is 11.5 Å². The van der Waals surface area contributed by atoms with Crippen molar-refractivity contribution < 1.29 is 19.1 Å². The molecule has 0 bridgehead atoms. The fourth-order valence-corrected chi connectivity index (χ4v) is 3.67. The van der Waals surface area contributed by atoms with E-state index < -0.39 is 5.91 Å². The first-order valence-electron chi connectivity index (χ1n) is 9.91. The van der Waals surface area contributed by atoms with Gasteiger partial charge in [-0.15, -0.1) is 0 Å². The third kappa shape index (κ3) is 4.18. The Labute approximate surface area is 191 Å². The van der Waals surface area contributed by atoms with E-state index >= 15 is 0 Å². The molecule has 6 nitrogen and oxygen atoms in total. The molecule has 0 spiro atoms. The number of hydrogen-bond donors (Lipinski definition) is 1. The Bertz CT molecular complexity index is 1190. The van der Waals surface area contributed by atoms with Crippen LogP contribution in [0.1, 0.15) is 11.1 Å². The lowest BCUT2D eigenvalue weighted by Crippen LogP contribution is -2.32. The summed E-state index contributed by atoms with van der Waals surface area (Å²) in [4.78, 5) is 28.0. The highest BCUT2D eigenvalue weighted by Gasteiger charge is 2.39. The van der Waals surface area contributed by atoms with Gasteiger partial charge in [0.05, 0.1) is 26.3 Å². The largest absolute Gasteiger partial charge is 0.497 e. The van der Waals surface area contributed by atoms with Crippen molar-refractivity contribution in [3.63, 3.8) is 0 Å². The molecule has 3 aromatic carbocycles. The maximum Gasteiger partial charge on any atom is 0.278 e. The summed E-state index contributed by atoms with van der Waals surface area (Å²) in [6.45, 7) is 0.0898. The zero-order valence-electron chi connectivity index (χ0n) is 17.6. The number of ether oxygens (including phenoxy) is 2. The minimum Gasteiger partial charge on any atom is -0.497 e. The van der Waals surface area contributed by atoms with Crippen molar-refractivity contribution in [2.75, 3.05) is 19.5 Å². The van der Waals surface area contributed by atoms with Crippen LogP contribution in [0.25, 0.3) is 5.57 Å². The Morgan fingerprint density at radius 1 is 0.844 bits per heavy atom. The van der Waals surface area contributed by atoms with Crippen LogP contribution in [0.15, 0.2) is 78.5 Å². The monoisotopic (exact) mass is 448 g/mol. The van der Waals surface area contributed by atoms with E-state index in [1.54, 1.807) is 68.8 Å². The van der Waals surface area contributed by atoms with Crippen molar-refractivity contribution in [2.45, 2.75) is 6.54 Å². The van der Waals surface area contributed by atoms with Gasteiger partial charge in [-0.1, -0.05) is 41.9 Å². The molecular formula is C25H21ClN2O4. The first-order chi connectivity index (χ1) is 15.5. The molecule has 1 heterocycles. The summed E-state index contributed by atoms with van der Waals surface area (Å²) >= 11 is 6.03. The number of rotatable bonds is 7. The SMILES string of the molecule is COc1ccc(NC2=C(c3ccc(Cl)cc3)C(=O)N(Cc3ccccc3OC)C2=O)cc1. The number of amides is 2. The van der Waals surface area contributed by atoms with Crippen LogP contribution >= 0.6 is 11.6 Å². The Morgan fingerprint density at radius 2 is 1.53 bits per heavy atom. The van der Waals surface area contributed by atoms with Gasteiger partial charge in [-0.2, -0.15) is 0 Å². The Morgan fingerprint density at radius 3 is 2.19 bits per heavy atom. The van der Waals surface area contributed by atoms with Crippen LogP contribution in [0, 0.1) is 0 Å². The number of halogens is 1. The number of para-hydroxylation sites is 1. The lowest BCUT2D eigenvalue weighted by Gasteiger charge is -2.17. The summed E-state index contributed by atoms with van der Waals surface area (Å²) in [5, 5.41) is 3.67. The summed E-state index contributed by atoms with van der Waals surface area (Å²) in [6.07, 6.45) is 0. The van der Waals surface area contributed by atoms with Crippen LogP contribution in [0.2, 0.25) is 5.02 Å². The number of carbonyl (C=O) groups is 2. The summed E-state index contributed by atoms with van der Waals surface area (Å²) in [5.41, 5.74) is 2.49. The van der Waals surface area contributed by atoms with Crippen LogP contribution in [0.3, 0.4) is 0 Å². The fourth-order valence-electron chi connectivity index (χ4n) is 3.54. The highest BCUT2D eigenvalue weighted by molar-refractivity contribution is 6.36. The fraction of sp³-hybridized carbons (Fsp3) is 0.120. The standard InChI is InChI=1S/C25H21ClN2O4/c1-31-20-13-11-19(12-14-20)27-23-22(16-7-9-18(26)10-8-16)24(29)28(25(23)30)15-17-5-3-4-6-21(17)32-2/h3-14,27H,15H2,1-2H3. The predicted octanol–water partition coefficient (Wildman–Crippen LogP) is 4.75. The number of hydrogen-bond acceptors (Lipinski definition) is 5. The molecule has 0 radical (unpaired) electrons. The van der Waals surface area contributed by atoms with Gasteiger partial charge in [0.15, 0.2) is 0 Å². The molecule has 0 fully saturated rings. The predicted molar refractivity (Wildman–Crippen MR) is 124 cm³/mol. The number of methoxy groups -OCH3 is 2. The van der Waals surface area contributed by atoms with Crippen LogP contribution in [0.4, 0.5) is 5.69 Å². The molecule has 3 aromatic rings. The smallest absolute Gasteiger partial charge is 0.278 e. The summed E-state index contributed by atoms with van der Waals surface area (Å²) in [7, 11) is 3.14. The highest BCUT2D eigenvalue weighted by Crippen LogP contribution is 2.33. The van der Waals surface area contributed by atoms with Gasteiger partial charge in [-0.3, -0.25) is 14.5 Å². The maximum absolute atomic E-state index is 13.4. The molecule has 2 amide bonds. The summed E-state index contributed by atoms with van der Waals surface area (Å²) in [5.74, 6) is 0.493. The second-order valence-electron chi connectivity index (χ2n) is 7.12. The number of carbonyl (C=O) groups excluding carboxylic acids is 2. The average molecular weight is 449 g/mol. The van der Waals surface area contributed by atoms with Gasteiger partial charge in [0, 0.05) is 16.3 Å². The molecule has 162 valence electrons. The van der Waals surface area contributed by atoms with E-state index in [4.69, 9.17) is 21.1 Å². The highest BCUT2D eigenvalue weighted by atomic mass is 35.5. The molecular weight excluding hydrogens is 428 g/mol. The van der Waals surface area contributed by atoms with Crippen molar-refractivity contribution in [3.05, 3.63) is 94.6 Å². The van der Waals surface area contributed by atoms with Gasteiger partial charge in [-0.05, 0) is 48.0 Å². The van der Waals surface area contributed by atoms with E-state index in [1.807, 2.05) is 18.2 Å². The molecule has 1 aliphatic heterocycles. The molecule has 0 aliphatic carbocycles. The van der Waals surface area contributed by atoms with E-state index in [1.165, 1.54) is 4.90 Å². The van der Waals surface area contributed by atoms with Gasteiger partial charge in [0.2, 0.25) is 0 Å². The van der Waals surface area contributed by atoms with Crippen molar-refractivity contribution >= 4 is 34.7 Å². The van der Waals surface area contributed by atoms with Gasteiger partial charge < -0.3 is 14.8 Å². The first-order valence-corrected chi connectivity index (χ1v) is 10.3. The Hall–Kier alpha value is -3.77. The molecule has 0 atom stereocenters. The molecule has 0 aromatic heterocycles.